The molecule has 0 aliphatic heterocycles. The molecule has 0 spiro atoms. The standard InChI is InChI=1S/C6H13N/c1-4-6(5-2)7-3/h3,6-7H,4-5H2,1-2H3. The van der Waals surface area contributed by atoms with Gasteiger partial charge < -0.3 is 5.32 Å². The zero-order chi connectivity index (χ0) is 5.70. The van der Waals surface area contributed by atoms with E-state index in [9.17, 15) is 0 Å². The van der Waals surface area contributed by atoms with Crippen molar-refractivity contribution in [3.8, 4) is 0 Å². The van der Waals surface area contributed by atoms with Crippen LogP contribution >= 0.6 is 0 Å². The zero-order valence-corrected chi connectivity index (χ0v) is 5.07. The summed E-state index contributed by atoms with van der Waals surface area (Å²) in [7, 11) is 5.14. The molecule has 2 radical (unpaired) electrons. The summed E-state index contributed by atoms with van der Waals surface area (Å²) in [5.41, 5.74) is 0. The van der Waals surface area contributed by atoms with Gasteiger partial charge in [-0.1, -0.05) is 13.8 Å². The molecule has 0 aliphatic rings. The molecule has 0 fully saturated rings. The Morgan fingerprint density at radius 1 is 1.43 bits per heavy atom. The minimum atomic E-state index is 0.514. The molecule has 0 aromatic heterocycles. The topological polar surface area (TPSA) is 12.0 Å². The van der Waals surface area contributed by atoms with Gasteiger partial charge in [0.1, 0.15) is 0 Å². The fourth-order valence-electron chi connectivity index (χ4n) is 0.524. The molecule has 0 aromatic carbocycles. The van der Waals surface area contributed by atoms with Crippen molar-refractivity contribution in [2.45, 2.75) is 32.7 Å². The van der Waals surface area contributed by atoms with Crippen LogP contribution in [0, 0.1) is 7.05 Å². The molecule has 0 bridgehead atoms. The molecule has 0 saturated heterocycles. The van der Waals surface area contributed by atoms with Crippen LogP contribution in [0.2, 0.25) is 0 Å². The lowest BCUT2D eigenvalue weighted by atomic mass is 10.2. The van der Waals surface area contributed by atoms with Gasteiger partial charge in [-0.15, -0.1) is 0 Å². The van der Waals surface area contributed by atoms with Crippen molar-refractivity contribution in [2.75, 3.05) is 0 Å². The SMILES string of the molecule is [CH]NC(CC)CC. The van der Waals surface area contributed by atoms with Crippen LogP contribution < -0.4 is 5.32 Å². The normalized spacial score (nSPS) is 10.3. The highest BCUT2D eigenvalue weighted by Gasteiger charge is 1.94. The van der Waals surface area contributed by atoms with E-state index in [1.54, 1.807) is 0 Å². The third kappa shape index (κ3) is 2.63. The fourth-order valence-corrected chi connectivity index (χ4v) is 0.524. The van der Waals surface area contributed by atoms with E-state index in [0.29, 0.717) is 6.04 Å². The second-order valence-corrected chi connectivity index (χ2v) is 1.68. The van der Waals surface area contributed by atoms with Crippen LogP contribution in [-0.2, 0) is 0 Å². The Kier molecular flexibility index (Phi) is 4.10. The van der Waals surface area contributed by atoms with Gasteiger partial charge in [0.25, 0.3) is 0 Å². The summed E-state index contributed by atoms with van der Waals surface area (Å²) in [5.74, 6) is 0. The molecule has 0 unspecified atom stereocenters. The van der Waals surface area contributed by atoms with Crippen molar-refractivity contribution in [3.05, 3.63) is 7.05 Å². The molecule has 1 nitrogen and oxygen atoms in total. The van der Waals surface area contributed by atoms with Gasteiger partial charge in [-0.2, -0.15) is 0 Å². The molecule has 1 heteroatoms. The van der Waals surface area contributed by atoms with Gasteiger partial charge in [-0.3, -0.25) is 0 Å². The van der Waals surface area contributed by atoms with Crippen molar-refractivity contribution < 1.29 is 0 Å². The molecule has 0 aliphatic carbocycles. The summed E-state index contributed by atoms with van der Waals surface area (Å²) in [5, 5.41) is 2.70. The highest BCUT2D eigenvalue weighted by Crippen LogP contribution is 1.92. The molecule has 0 atom stereocenters. The summed E-state index contributed by atoms with van der Waals surface area (Å²) in [6, 6.07) is 0.514. The number of hydrogen-bond acceptors (Lipinski definition) is 1. The lowest BCUT2D eigenvalue weighted by Crippen LogP contribution is -2.20. The average molecular weight is 99.2 g/mol. The first-order valence-electron chi connectivity index (χ1n) is 2.81. The second-order valence-electron chi connectivity index (χ2n) is 1.68. The molecule has 42 valence electrons. The van der Waals surface area contributed by atoms with Gasteiger partial charge in [0.05, 0.1) is 0 Å². The first-order valence-corrected chi connectivity index (χ1v) is 2.81. The van der Waals surface area contributed by atoms with E-state index in [1.165, 1.54) is 0 Å². The summed E-state index contributed by atoms with van der Waals surface area (Å²) in [6.45, 7) is 4.24. The minimum Gasteiger partial charge on any atom is -0.308 e. The second kappa shape index (κ2) is 4.13. The number of rotatable bonds is 3. The molecule has 0 aromatic rings. The highest BCUT2D eigenvalue weighted by molar-refractivity contribution is 4.59. The summed E-state index contributed by atoms with van der Waals surface area (Å²) >= 11 is 0. The van der Waals surface area contributed by atoms with Gasteiger partial charge in [0, 0.05) is 13.1 Å². The molecular formula is C6H13N. The van der Waals surface area contributed by atoms with E-state index in [1.807, 2.05) is 0 Å². The maximum absolute atomic E-state index is 5.14. The van der Waals surface area contributed by atoms with Crippen LogP contribution in [0.4, 0.5) is 0 Å². The molecule has 0 saturated carbocycles. The largest absolute Gasteiger partial charge is 0.308 e. The summed E-state index contributed by atoms with van der Waals surface area (Å²) in [6.07, 6.45) is 2.24. The Balaban J connectivity index is 2.99. The van der Waals surface area contributed by atoms with Gasteiger partial charge in [-0.25, -0.2) is 0 Å². The summed E-state index contributed by atoms with van der Waals surface area (Å²) in [4.78, 5) is 0. The van der Waals surface area contributed by atoms with E-state index in [4.69, 9.17) is 7.05 Å². The van der Waals surface area contributed by atoms with E-state index in [2.05, 4.69) is 19.2 Å². The van der Waals surface area contributed by atoms with Crippen LogP contribution in [0.5, 0.6) is 0 Å². The van der Waals surface area contributed by atoms with Gasteiger partial charge in [0.15, 0.2) is 0 Å². The maximum Gasteiger partial charge on any atom is 0.0409 e. The van der Waals surface area contributed by atoms with Crippen molar-refractivity contribution in [2.24, 2.45) is 0 Å². The molecule has 0 heterocycles. The van der Waals surface area contributed by atoms with Crippen molar-refractivity contribution in [1.82, 2.24) is 5.32 Å². The Morgan fingerprint density at radius 3 is 1.86 bits per heavy atom. The van der Waals surface area contributed by atoms with Gasteiger partial charge in [-0.05, 0) is 12.8 Å². The van der Waals surface area contributed by atoms with Crippen LogP contribution in [0.1, 0.15) is 26.7 Å². The molecule has 0 amide bonds. The smallest absolute Gasteiger partial charge is 0.0409 e. The van der Waals surface area contributed by atoms with E-state index in [0.717, 1.165) is 12.8 Å². The highest BCUT2D eigenvalue weighted by atomic mass is 14.9. The number of nitrogens with one attached hydrogen (secondary N) is 1. The van der Waals surface area contributed by atoms with Crippen molar-refractivity contribution in [1.29, 1.82) is 0 Å². The summed E-state index contributed by atoms with van der Waals surface area (Å²) < 4.78 is 0. The monoisotopic (exact) mass is 99.1 g/mol. The Hall–Kier alpha value is -0.0400. The Morgan fingerprint density at radius 2 is 1.86 bits per heavy atom. The zero-order valence-electron chi connectivity index (χ0n) is 5.07. The van der Waals surface area contributed by atoms with Gasteiger partial charge in [0.2, 0.25) is 0 Å². The molecular weight excluding hydrogens is 86.1 g/mol. The lowest BCUT2D eigenvalue weighted by molar-refractivity contribution is 0.549. The van der Waals surface area contributed by atoms with Crippen molar-refractivity contribution in [3.63, 3.8) is 0 Å². The van der Waals surface area contributed by atoms with E-state index >= 15 is 0 Å². The lowest BCUT2D eigenvalue weighted by Gasteiger charge is -2.07. The Bertz CT molecular complexity index is 25.7. The predicted octanol–water partition coefficient (Wildman–Crippen LogP) is 1.43. The molecule has 1 N–H and O–H groups in total. The van der Waals surface area contributed by atoms with Crippen molar-refractivity contribution >= 4 is 0 Å². The fraction of sp³-hybridized carbons (Fsp3) is 0.833. The van der Waals surface area contributed by atoms with Crippen LogP contribution in [-0.4, -0.2) is 6.04 Å². The predicted molar refractivity (Wildman–Crippen MR) is 31.8 cm³/mol. The first-order chi connectivity index (χ1) is 3.35. The van der Waals surface area contributed by atoms with E-state index < -0.39 is 0 Å². The van der Waals surface area contributed by atoms with Crippen LogP contribution in [0.15, 0.2) is 0 Å². The quantitative estimate of drug-likeness (QED) is 0.528. The van der Waals surface area contributed by atoms with Crippen LogP contribution in [0.25, 0.3) is 0 Å². The number of hydrogen-bond donors (Lipinski definition) is 1. The third-order valence-electron chi connectivity index (χ3n) is 1.22. The van der Waals surface area contributed by atoms with Gasteiger partial charge >= 0.3 is 0 Å². The Labute approximate surface area is 46.1 Å². The molecule has 0 rings (SSSR count). The minimum absolute atomic E-state index is 0.514. The average Bonchev–Trinajstić information content (AvgIpc) is 1.72. The van der Waals surface area contributed by atoms with Crippen LogP contribution in [0.3, 0.4) is 0 Å². The van der Waals surface area contributed by atoms with E-state index in [-0.39, 0.29) is 0 Å². The molecule has 7 heavy (non-hydrogen) atoms. The maximum atomic E-state index is 5.14. The first kappa shape index (κ1) is 6.96. The third-order valence-corrected chi connectivity index (χ3v) is 1.22.